The van der Waals surface area contributed by atoms with Crippen molar-refractivity contribution >= 4 is 38.6 Å². The quantitative estimate of drug-likeness (QED) is 0.586. The number of nitrogens with zero attached hydrogens (tertiary/aromatic N) is 2. The maximum absolute atomic E-state index is 13.0. The van der Waals surface area contributed by atoms with E-state index in [4.69, 9.17) is 0 Å². The number of aryl methyl sites for hydroxylation is 1. The fourth-order valence-electron chi connectivity index (χ4n) is 3.81. The summed E-state index contributed by atoms with van der Waals surface area (Å²) < 4.78 is 27.4. The van der Waals surface area contributed by atoms with Gasteiger partial charge in [-0.05, 0) is 55.3 Å². The highest BCUT2D eigenvalue weighted by Crippen LogP contribution is 2.32. The van der Waals surface area contributed by atoms with Crippen LogP contribution >= 0.6 is 11.3 Å². The Labute approximate surface area is 183 Å². The van der Waals surface area contributed by atoms with Crippen LogP contribution in [0.4, 0.5) is 11.4 Å². The molecule has 0 unspecified atom stereocenters. The highest BCUT2D eigenvalue weighted by Gasteiger charge is 2.25. The van der Waals surface area contributed by atoms with Crippen LogP contribution in [0.3, 0.4) is 0 Å². The van der Waals surface area contributed by atoms with Gasteiger partial charge in [0.1, 0.15) is 0 Å². The molecule has 2 heterocycles. The van der Waals surface area contributed by atoms with Crippen LogP contribution in [0.2, 0.25) is 0 Å². The van der Waals surface area contributed by atoms with Gasteiger partial charge in [-0.15, -0.1) is 11.3 Å². The van der Waals surface area contributed by atoms with E-state index in [-0.39, 0.29) is 10.8 Å². The molecule has 1 N–H and O–H groups in total. The Balaban J connectivity index is 1.79. The summed E-state index contributed by atoms with van der Waals surface area (Å²) in [6, 6.07) is 9.22. The summed E-state index contributed by atoms with van der Waals surface area (Å²) >= 11 is 1.70. The van der Waals surface area contributed by atoms with Crippen LogP contribution in [0.1, 0.15) is 44.4 Å². The predicted molar refractivity (Wildman–Crippen MR) is 124 cm³/mol. The monoisotopic (exact) mass is 449 g/mol. The third kappa shape index (κ3) is 5.42. The SMILES string of the molecule is CCN(CC)S(=O)(=O)c1ccc(N2CCCC2)c(NC(=O)CCCc2cccs2)c1. The summed E-state index contributed by atoms with van der Waals surface area (Å²) in [5, 5.41) is 5.04. The molecule has 0 radical (unpaired) electrons. The Hall–Kier alpha value is -1.90. The van der Waals surface area contributed by atoms with Crippen LogP contribution in [-0.2, 0) is 21.2 Å². The molecule has 1 aliphatic heterocycles. The highest BCUT2D eigenvalue weighted by atomic mass is 32.2. The van der Waals surface area contributed by atoms with E-state index in [9.17, 15) is 13.2 Å². The summed E-state index contributed by atoms with van der Waals surface area (Å²) in [6.45, 7) is 6.33. The number of carbonyl (C=O) groups excluding carboxylic acids is 1. The van der Waals surface area contributed by atoms with Gasteiger partial charge in [0, 0.05) is 37.5 Å². The Morgan fingerprint density at radius 3 is 2.53 bits per heavy atom. The largest absolute Gasteiger partial charge is 0.370 e. The topological polar surface area (TPSA) is 69.7 Å². The van der Waals surface area contributed by atoms with Crippen LogP contribution in [0.5, 0.6) is 0 Å². The van der Waals surface area contributed by atoms with Crippen molar-refractivity contribution in [2.24, 2.45) is 0 Å². The number of hydrogen-bond acceptors (Lipinski definition) is 5. The lowest BCUT2D eigenvalue weighted by Crippen LogP contribution is -2.31. The summed E-state index contributed by atoms with van der Waals surface area (Å²) in [6.07, 6.45) is 4.26. The van der Waals surface area contributed by atoms with Crippen LogP contribution < -0.4 is 10.2 Å². The summed E-state index contributed by atoms with van der Waals surface area (Å²) in [7, 11) is -3.58. The van der Waals surface area contributed by atoms with E-state index >= 15 is 0 Å². The van der Waals surface area contributed by atoms with Crippen molar-refractivity contribution in [1.82, 2.24) is 4.31 Å². The average Bonchev–Trinajstić information content (AvgIpc) is 3.43. The van der Waals surface area contributed by atoms with Crippen molar-refractivity contribution in [2.75, 3.05) is 36.4 Å². The van der Waals surface area contributed by atoms with Gasteiger partial charge in [-0.2, -0.15) is 4.31 Å². The van der Waals surface area contributed by atoms with Gasteiger partial charge in [-0.3, -0.25) is 4.79 Å². The smallest absolute Gasteiger partial charge is 0.243 e. The molecule has 0 atom stereocenters. The van der Waals surface area contributed by atoms with Gasteiger partial charge in [-0.25, -0.2) is 8.42 Å². The normalized spacial score (nSPS) is 14.4. The molecule has 6 nitrogen and oxygen atoms in total. The van der Waals surface area contributed by atoms with E-state index in [1.807, 2.05) is 31.4 Å². The second kappa shape index (κ2) is 10.4. The third-order valence-corrected chi connectivity index (χ3v) is 8.42. The fourth-order valence-corrected chi connectivity index (χ4v) is 6.05. The summed E-state index contributed by atoms with van der Waals surface area (Å²) in [5.41, 5.74) is 1.49. The van der Waals surface area contributed by atoms with Crippen molar-refractivity contribution in [3.05, 3.63) is 40.6 Å². The van der Waals surface area contributed by atoms with Gasteiger partial charge in [-0.1, -0.05) is 19.9 Å². The van der Waals surface area contributed by atoms with Crippen molar-refractivity contribution in [1.29, 1.82) is 0 Å². The van der Waals surface area contributed by atoms with Crippen LogP contribution in [-0.4, -0.2) is 44.8 Å². The first kappa shape index (κ1) is 22.8. The molecular formula is C22H31N3O3S2. The minimum absolute atomic E-state index is 0.0793. The lowest BCUT2D eigenvalue weighted by atomic mass is 10.2. The van der Waals surface area contributed by atoms with Gasteiger partial charge >= 0.3 is 0 Å². The lowest BCUT2D eigenvalue weighted by Gasteiger charge is -2.24. The van der Waals surface area contributed by atoms with E-state index < -0.39 is 10.0 Å². The predicted octanol–water partition coefficient (Wildman–Crippen LogP) is 4.34. The zero-order chi connectivity index (χ0) is 21.6. The van der Waals surface area contributed by atoms with Crippen molar-refractivity contribution in [3.63, 3.8) is 0 Å². The highest BCUT2D eigenvalue weighted by molar-refractivity contribution is 7.89. The average molecular weight is 450 g/mol. The second-order valence-electron chi connectivity index (χ2n) is 7.44. The molecule has 2 aromatic rings. The van der Waals surface area contributed by atoms with Gasteiger partial charge < -0.3 is 10.2 Å². The van der Waals surface area contributed by atoms with Crippen molar-refractivity contribution in [3.8, 4) is 0 Å². The third-order valence-electron chi connectivity index (χ3n) is 5.44. The zero-order valence-electron chi connectivity index (χ0n) is 17.8. The maximum Gasteiger partial charge on any atom is 0.243 e. The van der Waals surface area contributed by atoms with E-state index in [1.165, 1.54) is 9.18 Å². The first-order valence-corrected chi connectivity index (χ1v) is 13.0. The van der Waals surface area contributed by atoms with Gasteiger partial charge in [0.25, 0.3) is 0 Å². The van der Waals surface area contributed by atoms with Gasteiger partial charge in [0.05, 0.1) is 16.3 Å². The Morgan fingerprint density at radius 1 is 1.17 bits per heavy atom. The van der Waals surface area contributed by atoms with Gasteiger partial charge in [0.15, 0.2) is 0 Å². The standard InChI is InChI=1S/C22H31N3O3S2/c1-3-25(4-2)30(27,28)19-12-13-21(24-14-5-6-15-24)20(17-19)23-22(26)11-7-9-18-10-8-16-29-18/h8,10,12-13,16-17H,3-7,9,11,14-15H2,1-2H3,(H,23,26). The Bertz CT molecular complexity index is 933. The molecule has 0 bridgehead atoms. The molecule has 0 spiro atoms. The second-order valence-corrected chi connectivity index (χ2v) is 10.4. The van der Waals surface area contributed by atoms with E-state index in [2.05, 4.69) is 16.3 Å². The molecule has 8 heteroatoms. The minimum Gasteiger partial charge on any atom is -0.370 e. The minimum atomic E-state index is -3.58. The van der Waals surface area contributed by atoms with Crippen molar-refractivity contribution < 1.29 is 13.2 Å². The molecule has 1 aromatic heterocycles. The first-order valence-electron chi connectivity index (χ1n) is 10.7. The Morgan fingerprint density at radius 2 is 1.90 bits per heavy atom. The molecule has 30 heavy (non-hydrogen) atoms. The summed E-state index contributed by atoms with van der Waals surface area (Å²) in [5.74, 6) is -0.0793. The molecule has 1 saturated heterocycles. The molecule has 1 aromatic carbocycles. The van der Waals surface area contributed by atoms with Gasteiger partial charge in [0.2, 0.25) is 15.9 Å². The van der Waals surface area contributed by atoms with Crippen molar-refractivity contribution in [2.45, 2.75) is 50.8 Å². The number of hydrogen-bond donors (Lipinski definition) is 1. The van der Waals surface area contributed by atoms with E-state index in [0.29, 0.717) is 25.2 Å². The molecule has 0 aliphatic carbocycles. The molecular weight excluding hydrogens is 418 g/mol. The number of nitrogens with one attached hydrogen (secondary N) is 1. The molecule has 1 fully saturated rings. The number of rotatable bonds is 10. The number of benzene rings is 1. The van der Waals surface area contributed by atoms with E-state index in [1.54, 1.807) is 23.5 Å². The number of thiophene rings is 1. The number of carbonyl (C=O) groups is 1. The Kier molecular flexibility index (Phi) is 7.91. The molecule has 1 aliphatic rings. The van der Waals surface area contributed by atoms with Crippen LogP contribution in [0.15, 0.2) is 40.6 Å². The molecule has 164 valence electrons. The zero-order valence-corrected chi connectivity index (χ0v) is 19.4. The number of sulfonamides is 1. The molecule has 3 rings (SSSR count). The lowest BCUT2D eigenvalue weighted by molar-refractivity contribution is -0.116. The fraction of sp³-hybridized carbons (Fsp3) is 0.500. The van der Waals surface area contributed by atoms with E-state index in [0.717, 1.165) is 44.5 Å². The molecule has 1 amide bonds. The van der Waals surface area contributed by atoms with Crippen LogP contribution in [0.25, 0.3) is 0 Å². The number of amides is 1. The maximum atomic E-state index is 13.0. The number of anilines is 2. The first-order chi connectivity index (χ1) is 14.5. The summed E-state index contributed by atoms with van der Waals surface area (Å²) in [4.78, 5) is 16.3. The van der Waals surface area contributed by atoms with Crippen LogP contribution in [0, 0.1) is 0 Å². The molecule has 0 saturated carbocycles.